The molecule has 26 heavy (non-hydrogen) atoms. The number of guanidine groups is 1. The summed E-state index contributed by atoms with van der Waals surface area (Å²) in [6, 6.07) is 8.31. The van der Waals surface area contributed by atoms with Crippen molar-refractivity contribution >= 4 is 41.5 Å². The first-order chi connectivity index (χ1) is 12.2. The van der Waals surface area contributed by atoms with Crippen molar-refractivity contribution in [3.63, 3.8) is 0 Å². The number of ether oxygens (including phenoxy) is 1. The van der Waals surface area contributed by atoms with E-state index in [0.717, 1.165) is 44.2 Å². The van der Waals surface area contributed by atoms with Crippen molar-refractivity contribution < 1.29 is 9.53 Å². The van der Waals surface area contributed by atoms with E-state index in [9.17, 15) is 4.79 Å². The second-order valence-electron chi connectivity index (χ2n) is 6.38. The van der Waals surface area contributed by atoms with Crippen LogP contribution in [0.2, 0.25) is 0 Å². The van der Waals surface area contributed by atoms with E-state index in [0.29, 0.717) is 25.7 Å². The fourth-order valence-corrected chi connectivity index (χ4v) is 3.11. The van der Waals surface area contributed by atoms with Crippen LogP contribution in [0.3, 0.4) is 0 Å². The van der Waals surface area contributed by atoms with E-state index in [1.807, 2.05) is 0 Å². The van der Waals surface area contributed by atoms with Gasteiger partial charge in [0.1, 0.15) is 0 Å². The first kappa shape index (κ1) is 20.8. The minimum atomic E-state index is 0. The molecule has 2 aliphatic heterocycles. The summed E-state index contributed by atoms with van der Waals surface area (Å²) in [6.07, 6.45) is 2.54. The van der Waals surface area contributed by atoms with Crippen LogP contribution in [0.4, 0.5) is 5.69 Å². The Balaban J connectivity index is 0.00000243. The summed E-state index contributed by atoms with van der Waals surface area (Å²) >= 11 is 0. The van der Waals surface area contributed by atoms with E-state index in [1.54, 1.807) is 7.05 Å². The summed E-state index contributed by atoms with van der Waals surface area (Å²) in [5.74, 6) is 0.866. The molecule has 2 saturated heterocycles. The van der Waals surface area contributed by atoms with E-state index in [2.05, 4.69) is 50.1 Å². The Morgan fingerprint density at radius 3 is 2.81 bits per heavy atom. The number of anilines is 1. The number of carbonyl (C=O) groups excluding carboxylic acids is 1. The Kier molecular flexibility index (Phi) is 8.43. The average Bonchev–Trinajstić information content (AvgIpc) is 3.16. The Morgan fingerprint density at radius 2 is 2.15 bits per heavy atom. The number of nitrogens with one attached hydrogen (secondary N) is 3. The number of halogens is 1. The lowest BCUT2D eigenvalue weighted by molar-refractivity contribution is -0.120. The molecule has 0 radical (unpaired) electrons. The van der Waals surface area contributed by atoms with Gasteiger partial charge in [-0.3, -0.25) is 9.79 Å². The molecule has 7 nitrogen and oxygen atoms in total. The van der Waals surface area contributed by atoms with Crippen LogP contribution in [-0.4, -0.2) is 57.8 Å². The van der Waals surface area contributed by atoms with Gasteiger partial charge >= 0.3 is 0 Å². The number of rotatable bonds is 5. The zero-order valence-electron chi connectivity index (χ0n) is 15.2. The average molecular weight is 473 g/mol. The molecule has 8 heteroatoms. The van der Waals surface area contributed by atoms with E-state index >= 15 is 0 Å². The summed E-state index contributed by atoms with van der Waals surface area (Å²) in [7, 11) is 1.77. The van der Waals surface area contributed by atoms with Crippen molar-refractivity contribution in [2.75, 3.05) is 44.7 Å². The summed E-state index contributed by atoms with van der Waals surface area (Å²) in [5, 5.41) is 9.48. The van der Waals surface area contributed by atoms with Crippen molar-refractivity contribution in [3.8, 4) is 0 Å². The Bertz CT molecular complexity index is 602. The number of benzene rings is 1. The molecule has 0 aromatic heterocycles. The van der Waals surface area contributed by atoms with E-state index in [1.165, 1.54) is 5.56 Å². The number of hydrogen-bond acceptors (Lipinski definition) is 4. The van der Waals surface area contributed by atoms with E-state index < -0.39 is 0 Å². The van der Waals surface area contributed by atoms with Gasteiger partial charge in [-0.05, 0) is 30.5 Å². The number of carbonyl (C=O) groups is 1. The molecule has 0 bridgehead atoms. The van der Waals surface area contributed by atoms with Gasteiger partial charge in [0.25, 0.3) is 0 Å². The molecule has 2 fully saturated rings. The third-order valence-corrected chi connectivity index (χ3v) is 4.54. The number of piperazine rings is 1. The highest BCUT2D eigenvalue weighted by Gasteiger charge is 2.17. The molecule has 2 heterocycles. The molecule has 1 atom stereocenters. The van der Waals surface area contributed by atoms with Crippen LogP contribution in [0.1, 0.15) is 18.4 Å². The van der Waals surface area contributed by atoms with Crippen LogP contribution in [0, 0.1) is 0 Å². The molecule has 1 aromatic carbocycles. The van der Waals surface area contributed by atoms with Crippen molar-refractivity contribution in [1.29, 1.82) is 0 Å². The molecule has 0 spiro atoms. The normalized spacial score (nSPS) is 20.3. The van der Waals surface area contributed by atoms with Crippen LogP contribution < -0.4 is 20.9 Å². The van der Waals surface area contributed by atoms with E-state index in [-0.39, 0.29) is 29.9 Å². The van der Waals surface area contributed by atoms with Gasteiger partial charge in [-0.25, -0.2) is 0 Å². The molecule has 1 unspecified atom stereocenters. The van der Waals surface area contributed by atoms with Crippen LogP contribution in [0.15, 0.2) is 29.3 Å². The molecule has 1 aromatic rings. The minimum Gasteiger partial charge on any atom is -0.376 e. The Labute approximate surface area is 172 Å². The summed E-state index contributed by atoms with van der Waals surface area (Å²) in [6.45, 7) is 4.33. The fourth-order valence-electron chi connectivity index (χ4n) is 3.11. The predicted octanol–water partition coefficient (Wildman–Crippen LogP) is 1.08. The highest BCUT2D eigenvalue weighted by atomic mass is 127. The van der Waals surface area contributed by atoms with Gasteiger partial charge in [0, 0.05) is 45.5 Å². The summed E-state index contributed by atoms with van der Waals surface area (Å²) < 4.78 is 5.61. The summed E-state index contributed by atoms with van der Waals surface area (Å²) in [4.78, 5) is 17.8. The van der Waals surface area contributed by atoms with Gasteiger partial charge in [0.15, 0.2) is 5.96 Å². The lowest BCUT2D eigenvalue weighted by Gasteiger charge is -2.28. The fraction of sp³-hybridized carbons (Fsp3) is 0.556. The molecule has 3 N–H and O–H groups in total. The molecule has 144 valence electrons. The molecule has 0 aliphatic carbocycles. The van der Waals surface area contributed by atoms with E-state index in [4.69, 9.17) is 4.74 Å². The molecule has 1 amide bonds. The maximum atomic E-state index is 11.5. The highest BCUT2D eigenvalue weighted by Crippen LogP contribution is 2.16. The first-order valence-electron chi connectivity index (χ1n) is 8.91. The summed E-state index contributed by atoms with van der Waals surface area (Å²) in [5.41, 5.74) is 2.25. The van der Waals surface area contributed by atoms with Gasteiger partial charge in [-0.15, -0.1) is 24.0 Å². The topological polar surface area (TPSA) is 78.0 Å². The molecule has 2 aliphatic rings. The molecule has 3 rings (SSSR count). The smallest absolute Gasteiger partial charge is 0.239 e. The van der Waals surface area contributed by atoms with Gasteiger partial charge in [-0.2, -0.15) is 0 Å². The van der Waals surface area contributed by atoms with Crippen LogP contribution in [0.5, 0.6) is 0 Å². The quantitative estimate of drug-likeness (QED) is 0.339. The third-order valence-electron chi connectivity index (χ3n) is 4.54. The SMILES string of the molecule is CN=C(NCc1ccc(N2CCNC(=O)C2)cc1)NCC1CCCO1.I. The third kappa shape index (κ3) is 6.01. The molecular formula is C18H28IN5O2. The molecule has 0 saturated carbocycles. The lowest BCUT2D eigenvalue weighted by atomic mass is 10.2. The second kappa shape index (κ2) is 10.6. The Hall–Kier alpha value is -1.55. The number of amides is 1. The lowest BCUT2D eigenvalue weighted by Crippen LogP contribution is -2.47. The standard InChI is InChI=1S/C18H27N5O2.HI/c1-19-18(22-12-16-3-2-10-25-16)21-11-14-4-6-15(7-5-14)23-9-8-20-17(24)13-23;/h4-7,16H,2-3,8-13H2,1H3,(H,20,24)(H2,19,21,22);1H. The van der Waals surface area contributed by atoms with Crippen molar-refractivity contribution in [2.24, 2.45) is 4.99 Å². The van der Waals surface area contributed by atoms with Crippen molar-refractivity contribution in [3.05, 3.63) is 29.8 Å². The zero-order valence-corrected chi connectivity index (χ0v) is 17.5. The molecular weight excluding hydrogens is 445 g/mol. The largest absolute Gasteiger partial charge is 0.376 e. The number of hydrogen-bond donors (Lipinski definition) is 3. The zero-order chi connectivity index (χ0) is 17.5. The Morgan fingerprint density at radius 1 is 1.35 bits per heavy atom. The van der Waals surface area contributed by atoms with Crippen molar-refractivity contribution in [2.45, 2.75) is 25.5 Å². The monoisotopic (exact) mass is 473 g/mol. The maximum absolute atomic E-state index is 11.5. The van der Waals surface area contributed by atoms with Gasteiger partial charge in [0.2, 0.25) is 5.91 Å². The van der Waals surface area contributed by atoms with Crippen LogP contribution in [-0.2, 0) is 16.1 Å². The number of nitrogens with zero attached hydrogens (tertiary/aromatic N) is 2. The van der Waals surface area contributed by atoms with Crippen molar-refractivity contribution in [1.82, 2.24) is 16.0 Å². The maximum Gasteiger partial charge on any atom is 0.239 e. The van der Waals surface area contributed by atoms with Gasteiger partial charge in [0.05, 0.1) is 12.6 Å². The highest BCUT2D eigenvalue weighted by molar-refractivity contribution is 14.0. The second-order valence-corrected chi connectivity index (χ2v) is 6.38. The van der Waals surface area contributed by atoms with Gasteiger partial charge in [-0.1, -0.05) is 12.1 Å². The minimum absolute atomic E-state index is 0. The van der Waals surface area contributed by atoms with Crippen LogP contribution in [0.25, 0.3) is 0 Å². The van der Waals surface area contributed by atoms with Gasteiger partial charge < -0.3 is 25.6 Å². The number of aliphatic imine (C=N–C) groups is 1. The van der Waals surface area contributed by atoms with Crippen LogP contribution >= 0.6 is 24.0 Å². The first-order valence-corrected chi connectivity index (χ1v) is 8.91. The predicted molar refractivity (Wildman–Crippen MR) is 114 cm³/mol.